The number of piperazine rings is 1. The van der Waals surface area contributed by atoms with E-state index in [9.17, 15) is 9.59 Å². The number of rotatable bonds is 2. The van der Waals surface area contributed by atoms with E-state index >= 15 is 0 Å². The number of urea groups is 1. The zero-order valence-corrected chi connectivity index (χ0v) is 14.3. The first-order valence-electron chi connectivity index (χ1n) is 7.84. The zero-order valence-electron chi connectivity index (χ0n) is 14.3. The van der Waals surface area contributed by atoms with Gasteiger partial charge in [0.2, 0.25) is 0 Å². The van der Waals surface area contributed by atoms with Crippen LogP contribution in [0.3, 0.4) is 0 Å². The van der Waals surface area contributed by atoms with E-state index in [1.54, 1.807) is 28.1 Å². The molecule has 1 aromatic rings. The van der Waals surface area contributed by atoms with E-state index < -0.39 is 0 Å². The number of nitrogens with one attached hydrogen (secondary N) is 1. The van der Waals surface area contributed by atoms with Crippen molar-refractivity contribution >= 4 is 11.9 Å². The predicted octanol–water partition coefficient (Wildman–Crippen LogP) is 2.70. The lowest BCUT2D eigenvalue weighted by Gasteiger charge is -2.34. The monoisotopic (exact) mass is 319 g/mol. The van der Waals surface area contributed by atoms with Crippen LogP contribution in [0.5, 0.6) is 0 Å². The predicted molar refractivity (Wildman–Crippen MR) is 87.9 cm³/mol. The van der Waals surface area contributed by atoms with Crippen molar-refractivity contribution < 1.29 is 14.0 Å². The van der Waals surface area contributed by atoms with Gasteiger partial charge in [-0.05, 0) is 24.5 Å². The third-order valence-corrected chi connectivity index (χ3v) is 4.18. The molecule has 6 nitrogen and oxygen atoms in total. The first-order valence-corrected chi connectivity index (χ1v) is 7.84. The minimum absolute atomic E-state index is 0.0292. The highest BCUT2D eigenvalue weighted by Gasteiger charge is 2.25. The summed E-state index contributed by atoms with van der Waals surface area (Å²) in [6, 6.07) is 3.22. The Labute approximate surface area is 137 Å². The quantitative estimate of drug-likeness (QED) is 0.911. The first kappa shape index (κ1) is 17.1. The van der Waals surface area contributed by atoms with Crippen LogP contribution in [-0.2, 0) is 0 Å². The summed E-state index contributed by atoms with van der Waals surface area (Å²) in [4.78, 5) is 27.8. The maximum atomic E-state index is 12.2. The molecule has 1 aromatic heterocycles. The number of nitrogens with zero attached hydrogens (tertiary/aromatic N) is 2. The van der Waals surface area contributed by atoms with Crippen LogP contribution in [0.15, 0.2) is 34.6 Å². The topological polar surface area (TPSA) is 65.8 Å². The normalized spacial score (nSPS) is 16.4. The molecule has 6 heteroatoms. The van der Waals surface area contributed by atoms with Crippen molar-refractivity contribution in [3.05, 3.63) is 35.9 Å². The number of allylic oxidation sites excluding steroid dienone is 1. The second-order valence-corrected chi connectivity index (χ2v) is 6.78. The van der Waals surface area contributed by atoms with Gasteiger partial charge in [-0.2, -0.15) is 0 Å². The van der Waals surface area contributed by atoms with Gasteiger partial charge in [0.1, 0.15) is 0 Å². The summed E-state index contributed by atoms with van der Waals surface area (Å²) in [7, 11) is 0. The molecule has 3 amide bonds. The Kier molecular flexibility index (Phi) is 5.13. The fraction of sp³-hybridized carbons (Fsp3) is 0.529. The van der Waals surface area contributed by atoms with Crippen molar-refractivity contribution in [3.63, 3.8) is 0 Å². The van der Waals surface area contributed by atoms with Crippen LogP contribution in [0.1, 0.15) is 38.2 Å². The molecule has 2 rings (SSSR count). The summed E-state index contributed by atoms with van der Waals surface area (Å²) in [6.45, 7) is 10.4. The molecule has 23 heavy (non-hydrogen) atoms. The van der Waals surface area contributed by atoms with Crippen LogP contribution < -0.4 is 5.32 Å². The molecule has 0 aliphatic carbocycles. The molecule has 126 valence electrons. The standard InChI is InChI=1S/C17H25N3O3/c1-13(17(2,3)4)12-18-16(22)20-9-7-19(8-10-20)15(21)14-6-5-11-23-14/h5-6,11-12H,7-10H2,1-4H3,(H,18,22)/b13-12+. The third kappa shape index (κ3) is 4.37. The van der Waals surface area contributed by atoms with Crippen LogP contribution in [0.4, 0.5) is 4.79 Å². The van der Waals surface area contributed by atoms with Crippen LogP contribution >= 0.6 is 0 Å². The summed E-state index contributed by atoms with van der Waals surface area (Å²) in [6.07, 6.45) is 3.25. The van der Waals surface area contributed by atoms with E-state index in [1.807, 2.05) is 6.92 Å². The largest absolute Gasteiger partial charge is 0.459 e. The molecule has 1 aliphatic heterocycles. The maximum absolute atomic E-state index is 12.2. The molecule has 0 saturated carbocycles. The molecule has 0 spiro atoms. The lowest BCUT2D eigenvalue weighted by Crippen LogP contribution is -2.52. The highest BCUT2D eigenvalue weighted by molar-refractivity contribution is 5.91. The molecule has 2 heterocycles. The van der Waals surface area contributed by atoms with E-state index in [0.29, 0.717) is 31.9 Å². The van der Waals surface area contributed by atoms with Gasteiger partial charge in [0.25, 0.3) is 5.91 Å². The summed E-state index contributed by atoms with van der Waals surface area (Å²) in [5, 5.41) is 2.83. The molecule has 1 aliphatic rings. The second-order valence-electron chi connectivity index (χ2n) is 6.78. The molecule has 1 fully saturated rings. The van der Waals surface area contributed by atoms with Gasteiger partial charge in [-0.1, -0.05) is 26.3 Å². The Bertz CT molecular complexity index is 577. The lowest BCUT2D eigenvalue weighted by atomic mass is 9.88. The Morgan fingerprint density at radius 3 is 2.30 bits per heavy atom. The molecular weight excluding hydrogens is 294 g/mol. The molecule has 1 N–H and O–H groups in total. The van der Waals surface area contributed by atoms with Gasteiger partial charge in [-0.25, -0.2) is 4.79 Å². The Balaban J connectivity index is 1.84. The average molecular weight is 319 g/mol. The van der Waals surface area contributed by atoms with Gasteiger partial charge in [0.05, 0.1) is 6.26 Å². The summed E-state index contributed by atoms with van der Waals surface area (Å²) < 4.78 is 5.13. The van der Waals surface area contributed by atoms with E-state index in [4.69, 9.17) is 4.42 Å². The number of carbonyl (C=O) groups is 2. The molecule has 1 saturated heterocycles. The SMILES string of the molecule is C/C(=C\NC(=O)N1CCN(C(=O)c2ccco2)CC1)C(C)(C)C. The van der Waals surface area contributed by atoms with Gasteiger partial charge in [0.15, 0.2) is 5.76 Å². The van der Waals surface area contributed by atoms with Crippen molar-refractivity contribution in [2.45, 2.75) is 27.7 Å². The van der Waals surface area contributed by atoms with E-state index in [1.165, 1.54) is 6.26 Å². The highest BCUT2D eigenvalue weighted by atomic mass is 16.3. The number of hydrogen-bond donors (Lipinski definition) is 1. The molecule has 0 aromatic carbocycles. The molecular formula is C17H25N3O3. The molecule has 0 bridgehead atoms. The zero-order chi connectivity index (χ0) is 17.0. The Morgan fingerprint density at radius 1 is 1.17 bits per heavy atom. The van der Waals surface area contributed by atoms with Gasteiger partial charge in [-0.3, -0.25) is 4.79 Å². The fourth-order valence-electron chi connectivity index (χ4n) is 2.15. The van der Waals surface area contributed by atoms with Crippen molar-refractivity contribution in [3.8, 4) is 0 Å². The van der Waals surface area contributed by atoms with Crippen molar-refractivity contribution in [1.29, 1.82) is 0 Å². The highest BCUT2D eigenvalue weighted by Crippen LogP contribution is 2.23. The third-order valence-electron chi connectivity index (χ3n) is 4.18. The molecule has 0 atom stereocenters. The van der Waals surface area contributed by atoms with E-state index in [2.05, 4.69) is 26.1 Å². The van der Waals surface area contributed by atoms with Crippen molar-refractivity contribution in [2.75, 3.05) is 26.2 Å². The second kappa shape index (κ2) is 6.89. The summed E-state index contributed by atoms with van der Waals surface area (Å²) in [5.74, 6) is 0.213. The van der Waals surface area contributed by atoms with Gasteiger partial charge >= 0.3 is 6.03 Å². The maximum Gasteiger partial charge on any atom is 0.321 e. The van der Waals surface area contributed by atoms with Gasteiger partial charge in [0, 0.05) is 32.4 Å². The van der Waals surface area contributed by atoms with Gasteiger partial charge in [-0.15, -0.1) is 0 Å². The summed E-state index contributed by atoms with van der Waals surface area (Å²) >= 11 is 0. The fourth-order valence-corrected chi connectivity index (χ4v) is 2.15. The first-order chi connectivity index (χ1) is 10.8. The van der Waals surface area contributed by atoms with E-state index in [-0.39, 0.29) is 17.4 Å². The van der Waals surface area contributed by atoms with Crippen LogP contribution in [0.25, 0.3) is 0 Å². The Morgan fingerprint density at radius 2 is 1.78 bits per heavy atom. The number of furan rings is 1. The summed E-state index contributed by atoms with van der Waals surface area (Å²) in [5.41, 5.74) is 1.14. The van der Waals surface area contributed by atoms with Crippen molar-refractivity contribution in [1.82, 2.24) is 15.1 Å². The van der Waals surface area contributed by atoms with Gasteiger partial charge < -0.3 is 19.5 Å². The van der Waals surface area contributed by atoms with E-state index in [0.717, 1.165) is 5.57 Å². The lowest BCUT2D eigenvalue weighted by molar-refractivity contribution is 0.0635. The molecule has 0 radical (unpaired) electrons. The number of amides is 3. The van der Waals surface area contributed by atoms with Crippen LogP contribution in [0.2, 0.25) is 0 Å². The molecule has 0 unspecified atom stereocenters. The van der Waals surface area contributed by atoms with Crippen molar-refractivity contribution in [2.24, 2.45) is 5.41 Å². The minimum atomic E-state index is -0.126. The van der Waals surface area contributed by atoms with Crippen LogP contribution in [-0.4, -0.2) is 47.9 Å². The minimum Gasteiger partial charge on any atom is -0.459 e. The number of hydrogen-bond acceptors (Lipinski definition) is 3. The smallest absolute Gasteiger partial charge is 0.321 e. The number of carbonyl (C=O) groups excluding carboxylic acids is 2. The Hall–Kier alpha value is -2.24. The average Bonchev–Trinajstić information content (AvgIpc) is 3.05. The van der Waals surface area contributed by atoms with Crippen LogP contribution in [0, 0.1) is 5.41 Å².